The first-order valence-electron chi connectivity index (χ1n) is 6.57. The van der Waals surface area contributed by atoms with Gasteiger partial charge in [0.2, 0.25) is 0 Å². The molecule has 0 heterocycles. The van der Waals surface area contributed by atoms with Crippen LogP contribution in [-0.4, -0.2) is 41.1 Å². The van der Waals surface area contributed by atoms with Crippen molar-refractivity contribution in [1.29, 1.82) is 0 Å². The second-order valence-electron chi connectivity index (χ2n) is 6.00. The molecule has 0 aromatic rings. The minimum atomic E-state index is -1.81. The minimum Gasteiger partial charge on any atom is -0.465 e. The molecule has 0 spiro atoms. The first-order valence-corrected chi connectivity index (χ1v) is 9.48. The average molecular weight is 302 g/mol. The topological polar surface area (TPSA) is 61.8 Å². The molecule has 0 saturated carbocycles. The van der Waals surface area contributed by atoms with Crippen LogP contribution in [0, 0.1) is 0 Å². The van der Waals surface area contributed by atoms with E-state index >= 15 is 0 Å². The third-order valence-electron chi connectivity index (χ3n) is 3.55. The Morgan fingerprint density at radius 2 is 1.50 bits per heavy atom. The molecule has 0 rings (SSSR count). The van der Waals surface area contributed by atoms with Crippen LogP contribution in [0.3, 0.4) is 0 Å². The molecule has 0 fully saturated rings. The number of hydrogen-bond donors (Lipinski definition) is 0. The maximum Gasteiger partial charge on any atom is 0.344 e. The Bertz CT molecular complexity index is 362. The Morgan fingerprint density at radius 1 is 1.05 bits per heavy atom. The highest BCUT2D eigenvalue weighted by Crippen LogP contribution is 2.36. The van der Waals surface area contributed by atoms with Crippen LogP contribution in [0.1, 0.15) is 27.2 Å². The molecule has 0 aliphatic heterocycles. The number of carbonyl (C=O) groups is 2. The highest BCUT2D eigenvalue weighted by molar-refractivity contribution is 6.74. The normalized spacial score (nSPS) is 11.8. The number of methoxy groups -OCH3 is 2. The summed E-state index contributed by atoms with van der Waals surface area (Å²) in [6.07, 6.45) is 1.97. The molecule has 116 valence electrons. The van der Waals surface area contributed by atoms with Crippen molar-refractivity contribution < 1.29 is 23.5 Å². The number of ether oxygens (including phenoxy) is 2. The molecular formula is C14H26O5Si. The number of rotatable bonds is 6. The first kappa shape index (κ1) is 18.9. The van der Waals surface area contributed by atoms with Gasteiger partial charge in [0.15, 0.2) is 8.32 Å². The predicted molar refractivity (Wildman–Crippen MR) is 79.9 cm³/mol. The summed E-state index contributed by atoms with van der Waals surface area (Å²) in [6, 6.07) is 0. The summed E-state index contributed by atoms with van der Waals surface area (Å²) in [7, 11) is 0.645. The van der Waals surface area contributed by atoms with Gasteiger partial charge in [0.25, 0.3) is 0 Å². The highest BCUT2D eigenvalue weighted by Gasteiger charge is 2.36. The summed E-state index contributed by atoms with van der Waals surface area (Å²) >= 11 is 0. The second-order valence-corrected chi connectivity index (χ2v) is 10.8. The van der Waals surface area contributed by atoms with Crippen molar-refractivity contribution in [2.24, 2.45) is 0 Å². The van der Waals surface area contributed by atoms with Gasteiger partial charge in [-0.25, -0.2) is 9.59 Å². The lowest BCUT2D eigenvalue weighted by Crippen LogP contribution is -2.40. The molecule has 0 N–H and O–H groups in total. The molecule has 0 aromatic carbocycles. The van der Waals surface area contributed by atoms with E-state index < -0.39 is 20.3 Å². The molecule has 0 amide bonds. The summed E-state index contributed by atoms with van der Waals surface area (Å²) in [5.74, 6) is -1.38. The van der Waals surface area contributed by atoms with E-state index in [2.05, 4.69) is 43.3 Å². The van der Waals surface area contributed by atoms with Gasteiger partial charge in [-0.2, -0.15) is 0 Å². The zero-order valence-corrected chi connectivity index (χ0v) is 14.5. The van der Waals surface area contributed by atoms with E-state index in [1.165, 1.54) is 20.3 Å². The Balaban J connectivity index is 4.61. The van der Waals surface area contributed by atoms with Crippen molar-refractivity contribution >= 4 is 20.3 Å². The van der Waals surface area contributed by atoms with E-state index in [0.29, 0.717) is 13.0 Å². The fourth-order valence-corrected chi connectivity index (χ4v) is 2.26. The van der Waals surface area contributed by atoms with Crippen LogP contribution in [0.15, 0.2) is 11.6 Å². The third-order valence-corrected chi connectivity index (χ3v) is 8.08. The van der Waals surface area contributed by atoms with Gasteiger partial charge < -0.3 is 13.9 Å². The molecule has 5 nitrogen and oxygen atoms in total. The van der Waals surface area contributed by atoms with Crippen LogP contribution in [0.5, 0.6) is 0 Å². The molecule has 20 heavy (non-hydrogen) atoms. The van der Waals surface area contributed by atoms with Crippen LogP contribution >= 0.6 is 0 Å². The number of carbonyl (C=O) groups excluding carboxylic acids is 2. The largest absolute Gasteiger partial charge is 0.465 e. The van der Waals surface area contributed by atoms with Gasteiger partial charge in [-0.3, -0.25) is 0 Å². The SMILES string of the molecule is COC(=O)C(=CCCO[Si](C)(C)C(C)(C)C)C(=O)OC. The van der Waals surface area contributed by atoms with Crippen LogP contribution in [-0.2, 0) is 23.5 Å². The van der Waals surface area contributed by atoms with E-state index in [1.54, 1.807) is 0 Å². The van der Waals surface area contributed by atoms with E-state index in [-0.39, 0.29) is 10.6 Å². The van der Waals surface area contributed by atoms with Gasteiger partial charge in [0.05, 0.1) is 14.2 Å². The summed E-state index contributed by atoms with van der Waals surface area (Å²) in [6.45, 7) is 11.2. The van der Waals surface area contributed by atoms with Gasteiger partial charge in [0.1, 0.15) is 5.57 Å². The molecule has 6 heteroatoms. The fourth-order valence-electron chi connectivity index (χ4n) is 1.20. The van der Waals surface area contributed by atoms with E-state index in [0.717, 1.165) is 0 Å². The molecule has 0 aliphatic rings. The van der Waals surface area contributed by atoms with Crippen molar-refractivity contribution in [2.45, 2.75) is 45.3 Å². The summed E-state index contributed by atoms with van der Waals surface area (Å²) in [5, 5.41) is 0.129. The van der Waals surface area contributed by atoms with Crippen molar-refractivity contribution in [3.05, 3.63) is 11.6 Å². The predicted octanol–water partition coefficient (Wildman–Crippen LogP) is 2.67. The Hall–Kier alpha value is -1.14. The Labute approximate surface area is 122 Å². The average Bonchev–Trinajstić information content (AvgIpc) is 2.35. The maximum atomic E-state index is 11.4. The lowest BCUT2D eigenvalue weighted by Gasteiger charge is -2.36. The van der Waals surface area contributed by atoms with Crippen molar-refractivity contribution in [1.82, 2.24) is 0 Å². The van der Waals surface area contributed by atoms with E-state index in [4.69, 9.17) is 4.43 Å². The zero-order valence-electron chi connectivity index (χ0n) is 13.5. The van der Waals surface area contributed by atoms with Gasteiger partial charge in [-0.1, -0.05) is 26.8 Å². The summed E-state index contributed by atoms with van der Waals surface area (Å²) in [5.41, 5.74) is -0.0890. The standard InChI is InChI=1S/C14H26O5Si/c1-14(2,3)20(6,7)19-10-8-9-11(12(15)17-4)13(16)18-5/h9H,8,10H2,1-7H3. The molecule has 0 saturated heterocycles. The quantitative estimate of drug-likeness (QED) is 0.188. The smallest absolute Gasteiger partial charge is 0.344 e. The van der Waals surface area contributed by atoms with Crippen LogP contribution in [0.4, 0.5) is 0 Å². The van der Waals surface area contributed by atoms with Crippen LogP contribution in [0.25, 0.3) is 0 Å². The molecule has 0 radical (unpaired) electrons. The Kier molecular flexibility index (Phi) is 7.16. The lowest BCUT2D eigenvalue weighted by molar-refractivity contribution is -0.144. The van der Waals surface area contributed by atoms with Crippen molar-refractivity contribution in [2.75, 3.05) is 20.8 Å². The number of esters is 2. The molecule has 0 atom stereocenters. The lowest BCUT2D eigenvalue weighted by atomic mass is 10.2. The van der Waals surface area contributed by atoms with Crippen LogP contribution in [0.2, 0.25) is 18.1 Å². The second kappa shape index (κ2) is 7.59. The Morgan fingerprint density at radius 3 is 1.85 bits per heavy atom. The van der Waals surface area contributed by atoms with E-state index in [9.17, 15) is 9.59 Å². The summed E-state index contributed by atoms with van der Waals surface area (Å²) < 4.78 is 15.1. The van der Waals surface area contributed by atoms with Gasteiger partial charge in [0, 0.05) is 6.61 Å². The van der Waals surface area contributed by atoms with Crippen LogP contribution < -0.4 is 0 Å². The fraction of sp³-hybridized carbons (Fsp3) is 0.714. The van der Waals surface area contributed by atoms with Crippen molar-refractivity contribution in [3.63, 3.8) is 0 Å². The third kappa shape index (κ3) is 5.46. The molecule has 0 aliphatic carbocycles. The van der Waals surface area contributed by atoms with Crippen molar-refractivity contribution in [3.8, 4) is 0 Å². The highest BCUT2D eigenvalue weighted by atomic mass is 28.4. The minimum absolute atomic E-state index is 0.0890. The first-order chi connectivity index (χ1) is 9.06. The maximum absolute atomic E-state index is 11.4. The zero-order chi connectivity index (χ0) is 16.0. The molecule has 0 bridgehead atoms. The van der Waals surface area contributed by atoms with Gasteiger partial charge in [-0.15, -0.1) is 0 Å². The monoisotopic (exact) mass is 302 g/mol. The molecule has 0 aromatic heterocycles. The van der Waals surface area contributed by atoms with Gasteiger partial charge >= 0.3 is 11.9 Å². The molecular weight excluding hydrogens is 276 g/mol. The van der Waals surface area contributed by atoms with Gasteiger partial charge in [-0.05, 0) is 24.6 Å². The van der Waals surface area contributed by atoms with E-state index in [1.807, 2.05) is 0 Å². The molecule has 0 unspecified atom stereocenters. The number of hydrogen-bond acceptors (Lipinski definition) is 5. The summed E-state index contributed by atoms with van der Waals surface area (Å²) in [4.78, 5) is 22.9.